The number of carbonyl (C=O) groups is 3. The normalized spacial score (nSPS) is 19.3. The van der Waals surface area contributed by atoms with E-state index in [0.717, 1.165) is 10.6 Å². The van der Waals surface area contributed by atoms with Gasteiger partial charge in [0.05, 0.1) is 7.11 Å². The molecular formula is C19H19N3O4. The highest BCUT2D eigenvalue weighted by Gasteiger charge is 2.50. The van der Waals surface area contributed by atoms with Gasteiger partial charge in [0, 0.05) is 5.56 Å². The summed E-state index contributed by atoms with van der Waals surface area (Å²) in [5.41, 5.74) is 2.96. The average molecular weight is 353 g/mol. The zero-order valence-electron chi connectivity index (χ0n) is 14.7. The van der Waals surface area contributed by atoms with Gasteiger partial charge in [-0.25, -0.2) is 4.79 Å². The molecule has 0 spiro atoms. The van der Waals surface area contributed by atoms with Crippen LogP contribution in [0.1, 0.15) is 28.4 Å². The van der Waals surface area contributed by atoms with Crippen LogP contribution in [0.15, 0.2) is 48.5 Å². The molecule has 134 valence electrons. The topological polar surface area (TPSA) is 87.7 Å². The van der Waals surface area contributed by atoms with Crippen molar-refractivity contribution in [3.63, 3.8) is 0 Å². The minimum absolute atomic E-state index is 0.364. The molecule has 7 heteroatoms. The molecule has 0 bridgehead atoms. The maximum absolute atomic E-state index is 12.8. The van der Waals surface area contributed by atoms with Gasteiger partial charge in [0.1, 0.15) is 11.3 Å². The molecule has 2 N–H and O–H groups in total. The predicted octanol–water partition coefficient (Wildman–Crippen LogP) is 2.12. The number of hydrogen-bond acceptors (Lipinski definition) is 4. The van der Waals surface area contributed by atoms with Crippen molar-refractivity contribution in [2.24, 2.45) is 0 Å². The van der Waals surface area contributed by atoms with Crippen molar-refractivity contribution in [3.8, 4) is 5.75 Å². The van der Waals surface area contributed by atoms with E-state index in [-0.39, 0.29) is 0 Å². The number of ether oxygens (including phenoxy) is 1. The number of benzene rings is 2. The van der Waals surface area contributed by atoms with Crippen molar-refractivity contribution < 1.29 is 19.1 Å². The highest BCUT2D eigenvalue weighted by Crippen LogP contribution is 2.29. The number of hydrazine groups is 1. The first-order valence-corrected chi connectivity index (χ1v) is 8.04. The molecule has 0 aromatic heterocycles. The Morgan fingerprint density at radius 2 is 1.85 bits per heavy atom. The van der Waals surface area contributed by atoms with Crippen molar-refractivity contribution in [2.75, 3.05) is 7.11 Å². The van der Waals surface area contributed by atoms with Gasteiger partial charge < -0.3 is 10.1 Å². The van der Waals surface area contributed by atoms with Gasteiger partial charge in [-0.2, -0.15) is 5.01 Å². The average Bonchev–Trinajstić information content (AvgIpc) is 2.86. The Morgan fingerprint density at radius 3 is 2.46 bits per heavy atom. The summed E-state index contributed by atoms with van der Waals surface area (Å²) in [6.45, 7) is 3.44. The first-order valence-electron chi connectivity index (χ1n) is 8.04. The summed E-state index contributed by atoms with van der Waals surface area (Å²) in [4.78, 5) is 37.5. The van der Waals surface area contributed by atoms with Crippen LogP contribution in [0.25, 0.3) is 0 Å². The first kappa shape index (κ1) is 17.5. The summed E-state index contributed by atoms with van der Waals surface area (Å²) in [6.07, 6.45) is 0. The number of rotatable bonds is 4. The lowest BCUT2D eigenvalue weighted by atomic mass is 9.92. The highest BCUT2D eigenvalue weighted by atomic mass is 16.5. The minimum atomic E-state index is -1.27. The molecule has 1 saturated heterocycles. The highest BCUT2D eigenvalue weighted by molar-refractivity contribution is 6.09. The molecule has 2 aromatic rings. The van der Waals surface area contributed by atoms with Gasteiger partial charge in [-0.3, -0.25) is 15.0 Å². The van der Waals surface area contributed by atoms with E-state index < -0.39 is 23.4 Å². The van der Waals surface area contributed by atoms with Gasteiger partial charge in [0.25, 0.3) is 11.8 Å². The van der Waals surface area contributed by atoms with E-state index in [1.165, 1.54) is 0 Å². The fourth-order valence-corrected chi connectivity index (χ4v) is 2.81. The van der Waals surface area contributed by atoms with Gasteiger partial charge in [-0.05, 0) is 43.7 Å². The lowest BCUT2D eigenvalue weighted by Gasteiger charge is -2.22. The summed E-state index contributed by atoms with van der Waals surface area (Å²) in [5.74, 6) is -0.455. The first-order chi connectivity index (χ1) is 12.3. The fourth-order valence-electron chi connectivity index (χ4n) is 2.81. The van der Waals surface area contributed by atoms with Gasteiger partial charge in [0.2, 0.25) is 0 Å². The largest absolute Gasteiger partial charge is 0.497 e. The number of imide groups is 1. The quantitative estimate of drug-likeness (QED) is 0.824. The molecule has 0 aliphatic carbocycles. The molecule has 1 aliphatic rings. The third-order valence-corrected chi connectivity index (χ3v) is 4.35. The number of nitrogens with zero attached hydrogens (tertiary/aromatic N) is 1. The second-order valence-corrected chi connectivity index (χ2v) is 6.23. The smallest absolute Gasteiger partial charge is 0.344 e. The number of nitrogens with one attached hydrogen (secondary N) is 2. The second kappa shape index (κ2) is 6.51. The Hall–Kier alpha value is -3.35. The molecule has 4 amide bonds. The van der Waals surface area contributed by atoms with Crippen molar-refractivity contribution >= 4 is 17.8 Å². The van der Waals surface area contributed by atoms with Crippen LogP contribution in [0.2, 0.25) is 0 Å². The molecule has 1 aliphatic heterocycles. The standard InChI is InChI=1S/C19H19N3O4/c1-12-5-4-6-13(11-12)16(23)21-22-17(24)19(2,20-18(22)25)14-7-9-15(26-3)10-8-14/h4-11H,1-3H3,(H,20,25)(H,21,23)/t19-/m1/s1. The van der Waals surface area contributed by atoms with Crippen LogP contribution in [0, 0.1) is 6.92 Å². The molecule has 0 unspecified atom stereocenters. The Labute approximate surface area is 150 Å². The lowest BCUT2D eigenvalue weighted by Crippen LogP contribution is -2.47. The number of aryl methyl sites for hydroxylation is 1. The molecule has 7 nitrogen and oxygen atoms in total. The summed E-state index contributed by atoms with van der Waals surface area (Å²) < 4.78 is 5.11. The number of amides is 4. The van der Waals surface area contributed by atoms with E-state index in [2.05, 4.69) is 10.7 Å². The SMILES string of the molecule is COc1ccc([C@@]2(C)NC(=O)N(NC(=O)c3cccc(C)c3)C2=O)cc1. The fraction of sp³-hybridized carbons (Fsp3) is 0.211. The van der Waals surface area contributed by atoms with Crippen LogP contribution in [0.4, 0.5) is 4.79 Å². The Bertz CT molecular complexity index is 879. The summed E-state index contributed by atoms with van der Waals surface area (Å²) in [7, 11) is 1.54. The molecule has 0 radical (unpaired) electrons. The van der Waals surface area contributed by atoms with Crippen LogP contribution >= 0.6 is 0 Å². The van der Waals surface area contributed by atoms with E-state index >= 15 is 0 Å². The second-order valence-electron chi connectivity index (χ2n) is 6.23. The van der Waals surface area contributed by atoms with Crippen molar-refractivity contribution in [2.45, 2.75) is 19.4 Å². The minimum Gasteiger partial charge on any atom is -0.497 e. The van der Waals surface area contributed by atoms with Gasteiger partial charge in [0.15, 0.2) is 0 Å². The van der Waals surface area contributed by atoms with Crippen LogP contribution in [0.3, 0.4) is 0 Å². The number of carbonyl (C=O) groups excluding carboxylic acids is 3. The van der Waals surface area contributed by atoms with Crippen LogP contribution in [0.5, 0.6) is 5.75 Å². The van der Waals surface area contributed by atoms with E-state index in [4.69, 9.17) is 4.74 Å². The molecular weight excluding hydrogens is 334 g/mol. The molecule has 2 aromatic carbocycles. The molecule has 3 rings (SSSR count). The van der Waals surface area contributed by atoms with Crippen LogP contribution < -0.4 is 15.5 Å². The van der Waals surface area contributed by atoms with Crippen molar-refractivity contribution in [1.29, 1.82) is 0 Å². The molecule has 1 fully saturated rings. The summed E-state index contributed by atoms with van der Waals surface area (Å²) >= 11 is 0. The van der Waals surface area contributed by atoms with Crippen LogP contribution in [-0.4, -0.2) is 30.0 Å². The number of methoxy groups -OCH3 is 1. The Balaban J connectivity index is 1.83. The predicted molar refractivity (Wildman–Crippen MR) is 94.4 cm³/mol. The maximum atomic E-state index is 12.8. The van der Waals surface area contributed by atoms with E-state index in [1.807, 2.05) is 13.0 Å². The molecule has 0 saturated carbocycles. The van der Waals surface area contributed by atoms with Gasteiger partial charge in [-0.1, -0.05) is 29.8 Å². The monoisotopic (exact) mass is 353 g/mol. The van der Waals surface area contributed by atoms with E-state index in [0.29, 0.717) is 16.9 Å². The third kappa shape index (κ3) is 2.99. The molecule has 26 heavy (non-hydrogen) atoms. The Morgan fingerprint density at radius 1 is 1.15 bits per heavy atom. The lowest BCUT2D eigenvalue weighted by molar-refractivity contribution is -0.132. The molecule has 1 heterocycles. The van der Waals surface area contributed by atoms with Crippen molar-refractivity contribution in [3.05, 3.63) is 65.2 Å². The Kier molecular flexibility index (Phi) is 4.38. The number of hydrogen-bond donors (Lipinski definition) is 2. The zero-order chi connectivity index (χ0) is 18.9. The van der Waals surface area contributed by atoms with E-state index in [9.17, 15) is 14.4 Å². The van der Waals surface area contributed by atoms with Gasteiger partial charge in [-0.15, -0.1) is 0 Å². The van der Waals surface area contributed by atoms with E-state index in [1.54, 1.807) is 56.5 Å². The summed E-state index contributed by atoms with van der Waals surface area (Å²) in [5, 5.41) is 3.35. The maximum Gasteiger partial charge on any atom is 0.344 e. The van der Waals surface area contributed by atoms with Crippen molar-refractivity contribution in [1.82, 2.24) is 15.8 Å². The van der Waals surface area contributed by atoms with Gasteiger partial charge >= 0.3 is 6.03 Å². The third-order valence-electron chi connectivity index (χ3n) is 4.35. The zero-order valence-corrected chi connectivity index (χ0v) is 14.7. The molecule has 1 atom stereocenters. The number of urea groups is 1. The summed E-state index contributed by atoms with van der Waals surface area (Å²) in [6, 6.07) is 13.0. The van der Waals surface area contributed by atoms with Crippen LogP contribution in [-0.2, 0) is 10.3 Å².